The average Bonchev–Trinajstić information content (AvgIpc) is 3.51. The SMILES string of the molecule is COCCCN1CCN(C(=O)c2cc3c(cc2C)[nH]c(=O)c2cnn(CC4CC4)c23)C[C@H]1C. The molecule has 8 heteroatoms. The first-order valence-electron chi connectivity index (χ1n) is 12.0. The molecule has 3 heterocycles. The maximum atomic E-state index is 13.6. The number of nitrogens with one attached hydrogen (secondary N) is 1. The van der Waals surface area contributed by atoms with Crippen molar-refractivity contribution in [1.82, 2.24) is 24.6 Å². The summed E-state index contributed by atoms with van der Waals surface area (Å²) in [6.45, 7) is 9.00. The third-order valence-corrected chi connectivity index (χ3v) is 7.16. The van der Waals surface area contributed by atoms with Gasteiger partial charge in [0.15, 0.2) is 0 Å². The molecular weight excluding hydrogens is 418 g/mol. The summed E-state index contributed by atoms with van der Waals surface area (Å²) in [7, 11) is 1.73. The predicted octanol–water partition coefficient (Wildman–Crippen LogP) is 2.78. The lowest BCUT2D eigenvalue weighted by molar-refractivity contribution is 0.0490. The van der Waals surface area contributed by atoms with Crippen LogP contribution in [0.15, 0.2) is 23.1 Å². The van der Waals surface area contributed by atoms with E-state index >= 15 is 0 Å². The highest BCUT2D eigenvalue weighted by Crippen LogP contribution is 2.33. The number of fused-ring (bicyclic) bond motifs is 3. The molecule has 1 atom stereocenters. The number of carbonyl (C=O) groups is 1. The van der Waals surface area contributed by atoms with E-state index in [4.69, 9.17) is 4.74 Å². The van der Waals surface area contributed by atoms with Crippen LogP contribution in [0.4, 0.5) is 0 Å². The van der Waals surface area contributed by atoms with Gasteiger partial charge in [0.1, 0.15) is 0 Å². The summed E-state index contributed by atoms with van der Waals surface area (Å²) in [4.78, 5) is 33.6. The first-order chi connectivity index (χ1) is 16.0. The molecule has 1 aliphatic heterocycles. The van der Waals surface area contributed by atoms with Crippen molar-refractivity contribution >= 4 is 27.7 Å². The van der Waals surface area contributed by atoms with Crippen molar-refractivity contribution in [2.45, 2.75) is 45.7 Å². The molecule has 3 aromatic rings. The van der Waals surface area contributed by atoms with Crippen LogP contribution in [0.2, 0.25) is 0 Å². The summed E-state index contributed by atoms with van der Waals surface area (Å²) in [5.41, 5.74) is 3.05. The van der Waals surface area contributed by atoms with Gasteiger partial charge < -0.3 is 14.6 Å². The Bertz CT molecular complexity index is 1240. The number of amides is 1. The minimum atomic E-state index is -0.128. The standard InChI is InChI=1S/C25H33N5O3/c1-16-11-22-20(23-21(24(31)27-22)13-26-30(23)15-18-5-6-18)12-19(16)25(32)29-9-8-28(17(2)14-29)7-4-10-33-3/h11-13,17-18H,4-10,14-15H2,1-3H3,(H,27,31)/t17-/m1/s1. The van der Waals surface area contributed by atoms with Gasteiger partial charge in [-0.25, -0.2) is 0 Å². The number of hydrogen-bond donors (Lipinski definition) is 1. The maximum absolute atomic E-state index is 13.6. The fourth-order valence-corrected chi connectivity index (χ4v) is 5.04. The van der Waals surface area contributed by atoms with Crippen LogP contribution >= 0.6 is 0 Å². The van der Waals surface area contributed by atoms with Crippen LogP contribution in [-0.4, -0.2) is 76.4 Å². The van der Waals surface area contributed by atoms with Crippen molar-refractivity contribution in [1.29, 1.82) is 0 Å². The molecule has 2 aliphatic rings. The summed E-state index contributed by atoms with van der Waals surface area (Å²) >= 11 is 0. The Balaban J connectivity index is 1.45. The van der Waals surface area contributed by atoms with Crippen LogP contribution in [0.25, 0.3) is 21.8 Å². The van der Waals surface area contributed by atoms with Gasteiger partial charge >= 0.3 is 0 Å². The normalized spacial score (nSPS) is 19.6. The zero-order chi connectivity index (χ0) is 23.1. The Labute approximate surface area is 193 Å². The quantitative estimate of drug-likeness (QED) is 0.559. The van der Waals surface area contributed by atoms with Gasteiger partial charge in [-0.1, -0.05) is 0 Å². The van der Waals surface area contributed by atoms with Gasteiger partial charge in [0, 0.05) is 63.4 Å². The number of benzene rings is 1. The first kappa shape index (κ1) is 22.1. The molecule has 8 nitrogen and oxygen atoms in total. The molecular formula is C25H33N5O3. The molecule has 176 valence electrons. The van der Waals surface area contributed by atoms with Gasteiger partial charge in [-0.15, -0.1) is 0 Å². The third-order valence-electron chi connectivity index (χ3n) is 7.16. The molecule has 0 bridgehead atoms. The van der Waals surface area contributed by atoms with Gasteiger partial charge in [0.25, 0.3) is 11.5 Å². The lowest BCUT2D eigenvalue weighted by Gasteiger charge is -2.40. The van der Waals surface area contributed by atoms with E-state index in [0.717, 1.165) is 54.6 Å². The molecule has 1 aromatic carbocycles. The van der Waals surface area contributed by atoms with Crippen molar-refractivity contribution in [3.63, 3.8) is 0 Å². The van der Waals surface area contributed by atoms with E-state index in [1.54, 1.807) is 13.3 Å². The molecule has 2 aromatic heterocycles. The van der Waals surface area contributed by atoms with E-state index in [-0.39, 0.29) is 11.5 Å². The number of piperazine rings is 1. The third kappa shape index (κ3) is 4.29. The maximum Gasteiger partial charge on any atom is 0.259 e. The summed E-state index contributed by atoms with van der Waals surface area (Å²) in [6, 6.07) is 4.21. The van der Waals surface area contributed by atoms with Crippen LogP contribution in [0.5, 0.6) is 0 Å². The summed E-state index contributed by atoms with van der Waals surface area (Å²) in [5.74, 6) is 0.695. The van der Waals surface area contributed by atoms with Crippen LogP contribution in [0.1, 0.15) is 42.1 Å². The van der Waals surface area contributed by atoms with E-state index < -0.39 is 0 Å². The largest absolute Gasteiger partial charge is 0.385 e. The minimum absolute atomic E-state index is 0.0606. The number of nitrogens with zero attached hydrogens (tertiary/aromatic N) is 4. The topological polar surface area (TPSA) is 83.5 Å². The van der Waals surface area contributed by atoms with Crippen LogP contribution < -0.4 is 5.56 Å². The smallest absolute Gasteiger partial charge is 0.259 e. The van der Waals surface area contributed by atoms with Crippen molar-refractivity contribution < 1.29 is 9.53 Å². The highest BCUT2D eigenvalue weighted by Gasteiger charge is 2.28. The van der Waals surface area contributed by atoms with Gasteiger partial charge in [0.2, 0.25) is 0 Å². The molecule has 1 saturated carbocycles. The molecule has 1 amide bonds. The monoisotopic (exact) mass is 451 g/mol. The van der Waals surface area contributed by atoms with Crippen molar-refractivity contribution in [3.05, 3.63) is 39.8 Å². The van der Waals surface area contributed by atoms with Gasteiger partial charge in [0.05, 0.1) is 22.6 Å². The minimum Gasteiger partial charge on any atom is -0.385 e. The number of aryl methyl sites for hydroxylation is 1. The molecule has 0 radical (unpaired) electrons. The number of pyridine rings is 1. The molecule has 2 fully saturated rings. The Morgan fingerprint density at radius 1 is 1.24 bits per heavy atom. The molecule has 5 rings (SSSR count). The van der Waals surface area contributed by atoms with E-state index in [1.165, 1.54) is 12.8 Å². The number of aromatic nitrogens is 3. The summed E-state index contributed by atoms with van der Waals surface area (Å²) in [6.07, 6.45) is 5.07. The molecule has 1 N–H and O–H groups in total. The zero-order valence-electron chi connectivity index (χ0n) is 19.8. The number of carbonyl (C=O) groups excluding carboxylic acids is 1. The van der Waals surface area contributed by atoms with Crippen LogP contribution in [0, 0.1) is 12.8 Å². The van der Waals surface area contributed by atoms with Crippen LogP contribution in [0.3, 0.4) is 0 Å². The zero-order valence-corrected chi connectivity index (χ0v) is 19.8. The van der Waals surface area contributed by atoms with E-state index in [2.05, 4.69) is 21.9 Å². The molecule has 0 spiro atoms. The number of rotatable bonds is 7. The fraction of sp³-hybridized carbons (Fsp3) is 0.560. The number of ether oxygens (including phenoxy) is 1. The Kier molecular flexibility index (Phi) is 5.97. The van der Waals surface area contributed by atoms with E-state index in [1.807, 2.05) is 28.6 Å². The summed E-state index contributed by atoms with van der Waals surface area (Å²) in [5, 5.41) is 5.99. The van der Waals surface area contributed by atoms with Crippen molar-refractivity contribution in [3.8, 4) is 0 Å². The first-order valence-corrected chi connectivity index (χ1v) is 12.0. The molecule has 33 heavy (non-hydrogen) atoms. The van der Waals surface area contributed by atoms with Crippen LogP contribution in [-0.2, 0) is 11.3 Å². The second-order valence-electron chi connectivity index (χ2n) is 9.68. The molecule has 1 saturated heterocycles. The number of methoxy groups -OCH3 is 1. The second-order valence-corrected chi connectivity index (χ2v) is 9.68. The molecule has 1 aliphatic carbocycles. The van der Waals surface area contributed by atoms with E-state index in [0.29, 0.717) is 36.0 Å². The number of hydrogen-bond acceptors (Lipinski definition) is 5. The Morgan fingerprint density at radius 3 is 2.79 bits per heavy atom. The Hall–Kier alpha value is -2.71. The highest BCUT2D eigenvalue weighted by molar-refractivity contribution is 6.07. The number of aromatic amines is 1. The van der Waals surface area contributed by atoms with E-state index in [9.17, 15) is 9.59 Å². The lowest BCUT2D eigenvalue weighted by atomic mass is 10.0. The van der Waals surface area contributed by atoms with Crippen molar-refractivity contribution in [2.24, 2.45) is 5.92 Å². The van der Waals surface area contributed by atoms with Crippen molar-refractivity contribution in [2.75, 3.05) is 39.9 Å². The Morgan fingerprint density at radius 2 is 2.06 bits per heavy atom. The van der Waals surface area contributed by atoms with Gasteiger partial charge in [-0.3, -0.25) is 19.2 Å². The van der Waals surface area contributed by atoms with Gasteiger partial charge in [-0.2, -0.15) is 5.10 Å². The highest BCUT2D eigenvalue weighted by atomic mass is 16.5. The number of H-pyrrole nitrogens is 1. The fourth-order valence-electron chi connectivity index (χ4n) is 5.04. The average molecular weight is 452 g/mol. The molecule has 0 unspecified atom stereocenters. The summed E-state index contributed by atoms with van der Waals surface area (Å²) < 4.78 is 7.13. The second kappa shape index (κ2) is 8.91. The van der Waals surface area contributed by atoms with Gasteiger partial charge in [-0.05, 0) is 56.7 Å². The predicted molar refractivity (Wildman–Crippen MR) is 129 cm³/mol. The lowest BCUT2D eigenvalue weighted by Crippen LogP contribution is -2.53.